The molecule has 136 valence electrons. The molecule has 25 heavy (non-hydrogen) atoms. The Kier molecular flexibility index (Phi) is 6.01. The molecule has 2 aliphatic rings. The molecule has 4 N–H and O–H groups in total. The van der Waals surface area contributed by atoms with Gasteiger partial charge < -0.3 is 26.0 Å². The molecule has 2 fully saturated rings. The average molecular weight is 346 g/mol. The van der Waals surface area contributed by atoms with Crippen LogP contribution < -0.4 is 21.3 Å². The summed E-state index contributed by atoms with van der Waals surface area (Å²) in [5, 5.41) is 6.14. The Morgan fingerprint density at radius 3 is 2.68 bits per heavy atom. The molecule has 1 atom stereocenters. The minimum atomic E-state index is -0.388. The van der Waals surface area contributed by atoms with Crippen LogP contribution in [0.2, 0.25) is 0 Å². The van der Waals surface area contributed by atoms with Crippen molar-refractivity contribution in [2.75, 3.05) is 43.1 Å². The summed E-state index contributed by atoms with van der Waals surface area (Å²) in [5.41, 5.74) is 7.23. The van der Waals surface area contributed by atoms with E-state index in [9.17, 15) is 9.59 Å². The largest absolute Gasteiger partial charge is 0.370 e. The Morgan fingerprint density at radius 1 is 1.32 bits per heavy atom. The zero-order valence-corrected chi connectivity index (χ0v) is 14.4. The van der Waals surface area contributed by atoms with E-state index in [-0.39, 0.29) is 31.0 Å². The Bertz CT molecular complexity index is 601. The fourth-order valence-corrected chi connectivity index (χ4v) is 3.03. The minimum Gasteiger partial charge on any atom is -0.370 e. The normalized spacial score (nSPS) is 19.4. The summed E-state index contributed by atoms with van der Waals surface area (Å²) in [4.78, 5) is 25.9. The standard InChI is InChI=1S/C18H26N4O3/c19-10-16(20-11-13-2-1-3-13)18(24)21-14-4-6-15(7-5-14)22-8-9-25-12-17(22)23/h4-7,13,16,20H,1-3,8-12,19H2,(H,21,24)/t16-/m0/s1. The maximum atomic E-state index is 12.4. The number of hydrogen-bond donors (Lipinski definition) is 3. The minimum absolute atomic E-state index is 0.0496. The lowest BCUT2D eigenvalue weighted by atomic mass is 9.85. The van der Waals surface area contributed by atoms with Crippen LogP contribution in [-0.2, 0) is 14.3 Å². The van der Waals surface area contributed by atoms with Gasteiger partial charge in [0.25, 0.3) is 5.91 Å². The van der Waals surface area contributed by atoms with E-state index in [1.165, 1.54) is 19.3 Å². The van der Waals surface area contributed by atoms with E-state index >= 15 is 0 Å². The second kappa shape index (κ2) is 8.42. The van der Waals surface area contributed by atoms with Gasteiger partial charge in [0, 0.05) is 24.5 Å². The van der Waals surface area contributed by atoms with E-state index < -0.39 is 0 Å². The summed E-state index contributed by atoms with van der Waals surface area (Å²) in [5.74, 6) is 0.496. The van der Waals surface area contributed by atoms with Crippen molar-refractivity contribution in [1.29, 1.82) is 0 Å². The van der Waals surface area contributed by atoms with Crippen LogP contribution in [0.25, 0.3) is 0 Å². The number of nitrogens with zero attached hydrogens (tertiary/aromatic N) is 1. The van der Waals surface area contributed by atoms with Crippen molar-refractivity contribution in [2.45, 2.75) is 25.3 Å². The smallest absolute Gasteiger partial charge is 0.253 e. The van der Waals surface area contributed by atoms with Gasteiger partial charge in [0.05, 0.1) is 12.6 Å². The van der Waals surface area contributed by atoms with E-state index in [1.54, 1.807) is 17.0 Å². The molecule has 0 aromatic heterocycles. The van der Waals surface area contributed by atoms with Crippen molar-refractivity contribution >= 4 is 23.2 Å². The van der Waals surface area contributed by atoms with Gasteiger partial charge in [0.2, 0.25) is 5.91 Å². The summed E-state index contributed by atoms with van der Waals surface area (Å²) in [6.07, 6.45) is 3.74. The van der Waals surface area contributed by atoms with Crippen LogP contribution in [0.4, 0.5) is 11.4 Å². The van der Waals surface area contributed by atoms with E-state index in [0.717, 1.165) is 12.2 Å². The van der Waals surface area contributed by atoms with Crippen LogP contribution in [0.5, 0.6) is 0 Å². The molecule has 0 radical (unpaired) electrons. The van der Waals surface area contributed by atoms with Gasteiger partial charge in [-0.05, 0) is 49.6 Å². The fourth-order valence-electron chi connectivity index (χ4n) is 3.03. The van der Waals surface area contributed by atoms with Crippen LogP contribution in [0, 0.1) is 5.92 Å². The van der Waals surface area contributed by atoms with Gasteiger partial charge in [-0.1, -0.05) is 6.42 Å². The van der Waals surface area contributed by atoms with Crippen molar-refractivity contribution in [3.05, 3.63) is 24.3 Å². The Morgan fingerprint density at radius 2 is 2.08 bits per heavy atom. The van der Waals surface area contributed by atoms with Gasteiger partial charge in [0.1, 0.15) is 6.61 Å². The van der Waals surface area contributed by atoms with E-state index in [1.807, 2.05) is 12.1 Å². The summed E-state index contributed by atoms with van der Waals surface area (Å²) in [6.45, 7) is 2.30. The maximum Gasteiger partial charge on any atom is 0.253 e. The number of anilines is 2. The predicted octanol–water partition coefficient (Wildman–Crippen LogP) is 0.705. The third kappa shape index (κ3) is 4.56. The van der Waals surface area contributed by atoms with Crippen LogP contribution in [0.1, 0.15) is 19.3 Å². The average Bonchev–Trinajstić information content (AvgIpc) is 2.58. The van der Waals surface area contributed by atoms with Gasteiger partial charge in [-0.15, -0.1) is 0 Å². The van der Waals surface area contributed by atoms with Gasteiger partial charge in [0.15, 0.2) is 0 Å². The molecule has 0 unspecified atom stereocenters. The molecule has 1 aliphatic carbocycles. The van der Waals surface area contributed by atoms with Crippen molar-refractivity contribution in [2.24, 2.45) is 11.7 Å². The molecule has 0 spiro atoms. The molecule has 3 rings (SSSR count). The van der Waals surface area contributed by atoms with Crippen molar-refractivity contribution in [3.8, 4) is 0 Å². The molecule has 7 heteroatoms. The van der Waals surface area contributed by atoms with Gasteiger partial charge in [-0.25, -0.2) is 0 Å². The Balaban J connectivity index is 1.54. The molecule has 2 amide bonds. The number of benzene rings is 1. The van der Waals surface area contributed by atoms with Crippen molar-refractivity contribution in [3.63, 3.8) is 0 Å². The lowest BCUT2D eigenvalue weighted by Gasteiger charge is -2.28. The lowest BCUT2D eigenvalue weighted by Crippen LogP contribution is -2.48. The first-order chi connectivity index (χ1) is 12.2. The Hall–Kier alpha value is -1.96. The number of amides is 2. The topological polar surface area (TPSA) is 96.7 Å². The molecular formula is C18H26N4O3. The van der Waals surface area contributed by atoms with Gasteiger partial charge in [-0.3, -0.25) is 9.59 Å². The number of hydrogen-bond acceptors (Lipinski definition) is 5. The number of nitrogens with one attached hydrogen (secondary N) is 2. The Labute approximate surface area is 147 Å². The van der Waals surface area contributed by atoms with Crippen LogP contribution in [0.15, 0.2) is 24.3 Å². The van der Waals surface area contributed by atoms with Gasteiger partial charge in [-0.2, -0.15) is 0 Å². The molecule has 7 nitrogen and oxygen atoms in total. The number of carbonyl (C=O) groups is 2. The first kappa shape index (κ1) is 17.8. The number of rotatable bonds is 7. The summed E-state index contributed by atoms with van der Waals surface area (Å²) < 4.78 is 5.13. The highest BCUT2D eigenvalue weighted by molar-refractivity contribution is 5.97. The quantitative estimate of drug-likeness (QED) is 0.675. The van der Waals surface area contributed by atoms with E-state index in [0.29, 0.717) is 24.8 Å². The summed E-state index contributed by atoms with van der Waals surface area (Å²) in [6, 6.07) is 6.88. The first-order valence-corrected chi connectivity index (χ1v) is 8.90. The molecule has 1 aliphatic heterocycles. The van der Waals surface area contributed by atoms with Gasteiger partial charge >= 0.3 is 0 Å². The SMILES string of the molecule is NC[C@H](NCC1CCC1)C(=O)Nc1ccc(N2CCOCC2=O)cc1. The highest BCUT2D eigenvalue weighted by Gasteiger charge is 2.22. The molecule has 1 saturated heterocycles. The number of morpholine rings is 1. The zero-order chi connectivity index (χ0) is 17.6. The monoisotopic (exact) mass is 346 g/mol. The summed E-state index contributed by atoms with van der Waals surface area (Å²) in [7, 11) is 0. The molecule has 0 bridgehead atoms. The van der Waals surface area contributed by atoms with E-state index in [4.69, 9.17) is 10.5 Å². The second-order valence-electron chi connectivity index (χ2n) is 6.63. The maximum absolute atomic E-state index is 12.4. The molecule has 1 aromatic rings. The van der Waals surface area contributed by atoms with E-state index in [2.05, 4.69) is 10.6 Å². The number of nitrogens with two attached hydrogens (primary N) is 1. The highest BCUT2D eigenvalue weighted by Crippen LogP contribution is 2.25. The van der Waals surface area contributed by atoms with Crippen molar-refractivity contribution < 1.29 is 14.3 Å². The fraction of sp³-hybridized carbons (Fsp3) is 0.556. The first-order valence-electron chi connectivity index (χ1n) is 8.90. The van der Waals surface area contributed by atoms with Crippen LogP contribution in [-0.4, -0.2) is 50.7 Å². The lowest BCUT2D eigenvalue weighted by molar-refractivity contribution is -0.125. The van der Waals surface area contributed by atoms with Crippen LogP contribution in [0.3, 0.4) is 0 Å². The third-order valence-electron chi connectivity index (χ3n) is 4.86. The molecule has 1 heterocycles. The highest BCUT2D eigenvalue weighted by atomic mass is 16.5. The molecular weight excluding hydrogens is 320 g/mol. The molecule has 1 saturated carbocycles. The van der Waals surface area contributed by atoms with Crippen LogP contribution >= 0.6 is 0 Å². The number of ether oxygens (including phenoxy) is 1. The third-order valence-corrected chi connectivity index (χ3v) is 4.86. The number of carbonyl (C=O) groups excluding carboxylic acids is 2. The molecule has 1 aromatic carbocycles. The second-order valence-corrected chi connectivity index (χ2v) is 6.63. The summed E-state index contributed by atoms with van der Waals surface area (Å²) >= 11 is 0. The van der Waals surface area contributed by atoms with Crippen molar-refractivity contribution in [1.82, 2.24) is 5.32 Å². The predicted molar refractivity (Wildman–Crippen MR) is 96.4 cm³/mol. The zero-order valence-electron chi connectivity index (χ0n) is 14.4.